The average Bonchev–Trinajstić information content (AvgIpc) is 2.22. The fraction of sp³-hybridized carbons (Fsp3) is 1.00. The van der Waals surface area contributed by atoms with Crippen molar-refractivity contribution in [3.8, 4) is 0 Å². The maximum Gasteiger partial charge on any atom is 0.00709 e. The number of hydrogen-bond donors (Lipinski definition) is 1. The van der Waals surface area contributed by atoms with Crippen molar-refractivity contribution in [2.24, 2.45) is 11.7 Å². The van der Waals surface area contributed by atoms with Crippen molar-refractivity contribution in [3.63, 3.8) is 0 Å². The van der Waals surface area contributed by atoms with Gasteiger partial charge >= 0.3 is 0 Å². The molecular weight excluding hydrogens is 86.1 g/mol. The maximum absolute atomic E-state index is 5.55. The summed E-state index contributed by atoms with van der Waals surface area (Å²) >= 11 is 0. The van der Waals surface area contributed by atoms with Crippen molar-refractivity contribution in [2.75, 3.05) is 0 Å². The van der Waals surface area contributed by atoms with Gasteiger partial charge in [0.25, 0.3) is 0 Å². The molecule has 0 radical (unpaired) electrons. The molecule has 1 aliphatic carbocycles. The Balaban J connectivity index is 1.98. The van der Waals surface area contributed by atoms with E-state index in [2.05, 4.69) is 6.92 Å². The number of nitrogens with two attached hydrogens (primary N) is 1. The molecule has 0 spiro atoms. The molecule has 0 aromatic heterocycles. The minimum Gasteiger partial charge on any atom is -0.327 e. The van der Waals surface area contributed by atoms with Crippen molar-refractivity contribution < 1.29 is 0 Å². The van der Waals surface area contributed by atoms with Gasteiger partial charge in [-0.05, 0) is 18.8 Å². The first-order chi connectivity index (χ1) is 3.34. The van der Waals surface area contributed by atoms with Gasteiger partial charge < -0.3 is 5.73 Å². The lowest BCUT2D eigenvalue weighted by molar-refractivity contribution is 0.683. The highest BCUT2D eigenvalue weighted by molar-refractivity contribution is 4.88. The molecule has 1 saturated carbocycles. The molecular formula is C6H13N. The summed E-state index contributed by atoms with van der Waals surface area (Å²) in [6, 6.07) is 0.569. The molecule has 2 N–H and O–H groups in total. The molecule has 0 aromatic rings. The minimum absolute atomic E-state index is 0.569. The Bertz CT molecular complexity index is 61.2. The van der Waals surface area contributed by atoms with Gasteiger partial charge in [0.2, 0.25) is 0 Å². The van der Waals surface area contributed by atoms with E-state index in [0.717, 1.165) is 5.92 Å². The molecule has 1 rings (SSSR count). The lowest BCUT2D eigenvalue weighted by Gasteiger charge is -1.86. The van der Waals surface area contributed by atoms with Crippen LogP contribution in [0.25, 0.3) is 0 Å². The van der Waals surface area contributed by atoms with Crippen LogP contribution < -0.4 is 5.73 Å². The van der Waals surface area contributed by atoms with E-state index >= 15 is 0 Å². The summed E-state index contributed by atoms with van der Waals surface area (Å²) in [6.45, 7) is 2.21. The van der Waals surface area contributed by atoms with Crippen LogP contribution in [0.5, 0.6) is 0 Å². The van der Waals surface area contributed by atoms with E-state index in [1.807, 2.05) is 0 Å². The minimum atomic E-state index is 0.569. The molecule has 1 fully saturated rings. The fourth-order valence-corrected chi connectivity index (χ4v) is 0.974. The zero-order valence-electron chi connectivity index (χ0n) is 4.85. The summed E-state index contributed by atoms with van der Waals surface area (Å²) in [5, 5.41) is 0. The van der Waals surface area contributed by atoms with Crippen LogP contribution in [0.3, 0.4) is 0 Å². The average molecular weight is 99.2 g/mol. The summed E-state index contributed by atoms with van der Waals surface area (Å²) < 4.78 is 0. The topological polar surface area (TPSA) is 26.0 Å². The zero-order chi connectivity index (χ0) is 5.28. The molecule has 2 atom stereocenters. The molecule has 1 heteroatoms. The van der Waals surface area contributed by atoms with E-state index in [1.165, 1.54) is 19.3 Å². The molecule has 0 aliphatic heterocycles. The molecule has 0 bridgehead atoms. The van der Waals surface area contributed by atoms with Crippen LogP contribution in [-0.2, 0) is 0 Å². The highest BCUT2D eigenvalue weighted by Gasteiger charge is 2.31. The highest BCUT2D eigenvalue weighted by Crippen LogP contribution is 2.31. The van der Waals surface area contributed by atoms with E-state index < -0.39 is 0 Å². The van der Waals surface area contributed by atoms with Gasteiger partial charge in [0, 0.05) is 6.04 Å². The molecule has 1 aliphatic rings. The molecule has 0 aromatic carbocycles. The van der Waals surface area contributed by atoms with E-state index in [-0.39, 0.29) is 0 Å². The second-order valence-corrected chi connectivity index (χ2v) is 2.45. The first-order valence-corrected chi connectivity index (χ1v) is 3.10. The number of rotatable bonds is 2. The van der Waals surface area contributed by atoms with Gasteiger partial charge in [-0.3, -0.25) is 0 Å². The van der Waals surface area contributed by atoms with Gasteiger partial charge in [-0.2, -0.15) is 0 Å². The molecule has 42 valence electrons. The van der Waals surface area contributed by atoms with Crippen LogP contribution >= 0.6 is 0 Å². The predicted octanol–water partition coefficient (Wildman–Crippen LogP) is 1.13. The fourth-order valence-electron chi connectivity index (χ4n) is 0.974. The van der Waals surface area contributed by atoms with Crippen LogP contribution in [-0.4, -0.2) is 6.04 Å². The van der Waals surface area contributed by atoms with Crippen LogP contribution in [0.1, 0.15) is 26.2 Å². The summed E-state index contributed by atoms with van der Waals surface area (Å²) in [5.74, 6) is 0.894. The van der Waals surface area contributed by atoms with E-state index in [1.54, 1.807) is 0 Å². The van der Waals surface area contributed by atoms with Gasteiger partial charge in [0.15, 0.2) is 0 Å². The number of hydrogen-bond acceptors (Lipinski definition) is 1. The van der Waals surface area contributed by atoms with Crippen molar-refractivity contribution >= 4 is 0 Å². The summed E-state index contributed by atoms with van der Waals surface area (Å²) in [6.07, 6.45) is 3.94. The second-order valence-electron chi connectivity index (χ2n) is 2.45. The highest BCUT2D eigenvalue weighted by atomic mass is 14.7. The molecule has 7 heavy (non-hydrogen) atoms. The Hall–Kier alpha value is -0.0400. The lowest BCUT2D eigenvalue weighted by Crippen LogP contribution is -2.00. The lowest BCUT2D eigenvalue weighted by atomic mass is 10.2. The van der Waals surface area contributed by atoms with E-state index in [0.29, 0.717) is 6.04 Å². The normalized spacial score (nSPS) is 38.6. The predicted molar refractivity (Wildman–Crippen MR) is 31.0 cm³/mol. The first kappa shape index (κ1) is 5.10. The van der Waals surface area contributed by atoms with Crippen LogP contribution in [0.15, 0.2) is 0 Å². The second kappa shape index (κ2) is 1.83. The van der Waals surface area contributed by atoms with Gasteiger partial charge in [-0.15, -0.1) is 0 Å². The Kier molecular flexibility index (Phi) is 1.33. The summed E-state index contributed by atoms with van der Waals surface area (Å²) in [5.41, 5.74) is 5.55. The van der Waals surface area contributed by atoms with Crippen LogP contribution in [0, 0.1) is 5.92 Å². The van der Waals surface area contributed by atoms with E-state index in [9.17, 15) is 0 Å². The van der Waals surface area contributed by atoms with Gasteiger partial charge in [0.05, 0.1) is 0 Å². The van der Waals surface area contributed by atoms with Crippen molar-refractivity contribution in [1.82, 2.24) is 0 Å². The third-order valence-corrected chi connectivity index (χ3v) is 1.64. The smallest absolute Gasteiger partial charge is 0.00709 e. The SMILES string of the molecule is CCC[C@H]1C[C@@H]1N. The van der Waals surface area contributed by atoms with Crippen molar-refractivity contribution in [2.45, 2.75) is 32.2 Å². The first-order valence-electron chi connectivity index (χ1n) is 3.10. The van der Waals surface area contributed by atoms with E-state index in [4.69, 9.17) is 5.73 Å². The van der Waals surface area contributed by atoms with Crippen molar-refractivity contribution in [3.05, 3.63) is 0 Å². The standard InChI is InChI=1S/C6H13N/c1-2-3-5-4-6(5)7/h5-6H,2-4,7H2,1H3/t5-,6-/m0/s1. The van der Waals surface area contributed by atoms with Gasteiger partial charge in [0.1, 0.15) is 0 Å². The Morgan fingerprint density at radius 1 is 1.71 bits per heavy atom. The molecule has 0 saturated heterocycles. The molecule has 1 nitrogen and oxygen atoms in total. The molecule has 0 unspecified atom stereocenters. The summed E-state index contributed by atoms with van der Waals surface area (Å²) in [4.78, 5) is 0. The monoisotopic (exact) mass is 99.1 g/mol. The quantitative estimate of drug-likeness (QED) is 0.552. The third-order valence-electron chi connectivity index (χ3n) is 1.64. The molecule has 0 amide bonds. The van der Waals surface area contributed by atoms with Gasteiger partial charge in [-0.25, -0.2) is 0 Å². The van der Waals surface area contributed by atoms with Crippen molar-refractivity contribution in [1.29, 1.82) is 0 Å². The maximum atomic E-state index is 5.55. The Morgan fingerprint density at radius 3 is 2.43 bits per heavy atom. The zero-order valence-corrected chi connectivity index (χ0v) is 4.85. The largest absolute Gasteiger partial charge is 0.327 e. The summed E-state index contributed by atoms with van der Waals surface area (Å²) in [7, 11) is 0. The van der Waals surface area contributed by atoms with Crippen LogP contribution in [0.2, 0.25) is 0 Å². The Labute approximate surface area is 44.9 Å². The van der Waals surface area contributed by atoms with Crippen LogP contribution in [0.4, 0.5) is 0 Å². The van der Waals surface area contributed by atoms with Gasteiger partial charge in [-0.1, -0.05) is 13.3 Å². The molecule has 0 heterocycles. The third kappa shape index (κ3) is 1.16. The Morgan fingerprint density at radius 2 is 2.29 bits per heavy atom.